The highest BCUT2D eigenvalue weighted by molar-refractivity contribution is 5.96. The monoisotopic (exact) mass is 370 g/mol. The highest BCUT2D eigenvalue weighted by Crippen LogP contribution is 2.22. The molecular weight excluding hydrogens is 340 g/mol. The lowest BCUT2D eigenvalue weighted by Gasteiger charge is -2.19. The number of aryl methyl sites for hydroxylation is 3. The second kappa shape index (κ2) is 8.84. The molecule has 27 heavy (non-hydrogen) atoms. The molecule has 1 aromatic heterocycles. The van der Waals surface area contributed by atoms with E-state index in [-0.39, 0.29) is 23.8 Å². The molecule has 0 saturated carbocycles. The number of aromatic nitrogens is 2. The van der Waals surface area contributed by atoms with Gasteiger partial charge in [0.15, 0.2) is 0 Å². The van der Waals surface area contributed by atoms with E-state index in [1.807, 2.05) is 36.7 Å². The standard InChI is InChI=1S/C21H30N4O2/c1-15-13-16(2)25(24-15)12-6-11-22-19(26)14-23-20(27)17-7-9-18(10-8-17)21(3,4)5/h7-10,13H,6,11-12,14H2,1-5H3,(H,22,26)(H,23,27). The second-order valence-corrected chi connectivity index (χ2v) is 7.86. The molecule has 0 atom stereocenters. The van der Waals surface area contributed by atoms with Crippen LogP contribution in [0.5, 0.6) is 0 Å². The van der Waals surface area contributed by atoms with Crippen molar-refractivity contribution in [2.75, 3.05) is 13.1 Å². The summed E-state index contributed by atoms with van der Waals surface area (Å²) in [6, 6.07) is 9.52. The summed E-state index contributed by atoms with van der Waals surface area (Å²) in [6.45, 7) is 11.6. The Balaban J connectivity index is 1.70. The van der Waals surface area contributed by atoms with Crippen molar-refractivity contribution >= 4 is 11.8 Å². The molecule has 0 aliphatic rings. The number of amides is 2. The van der Waals surface area contributed by atoms with Gasteiger partial charge in [-0.05, 0) is 49.4 Å². The Labute approximate surface area is 161 Å². The molecule has 0 aliphatic carbocycles. The van der Waals surface area contributed by atoms with E-state index >= 15 is 0 Å². The number of nitrogens with one attached hydrogen (secondary N) is 2. The first-order valence-corrected chi connectivity index (χ1v) is 9.33. The Bertz CT molecular complexity index is 786. The zero-order valence-electron chi connectivity index (χ0n) is 16.9. The van der Waals surface area contributed by atoms with Crippen molar-refractivity contribution < 1.29 is 9.59 Å². The highest BCUT2D eigenvalue weighted by Gasteiger charge is 2.14. The van der Waals surface area contributed by atoms with Crippen molar-refractivity contribution in [2.45, 2.75) is 53.0 Å². The molecular formula is C21H30N4O2. The topological polar surface area (TPSA) is 76.0 Å². The second-order valence-electron chi connectivity index (χ2n) is 7.86. The van der Waals surface area contributed by atoms with E-state index in [4.69, 9.17) is 0 Å². The van der Waals surface area contributed by atoms with Gasteiger partial charge in [-0.3, -0.25) is 14.3 Å². The third-order valence-corrected chi connectivity index (χ3v) is 4.39. The smallest absolute Gasteiger partial charge is 0.251 e. The number of carbonyl (C=O) groups excluding carboxylic acids is 2. The number of benzene rings is 1. The van der Waals surface area contributed by atoms with E-state index < -0.39 is 0 Å². The van der Waals surface area contributed by atoms with Crippen LogP contribution in [0, 0.1) is 13.8 Å². The minimum atomic E-state index is -0.242. The first-order chi connectivity index (χ1) is 12.7. The Morgan fingerprint density at radius 2 is 1.74 bits per heavy atom. The summed E-state index contributed by atoms with van der Waals surface area (Å²) in [5.74, 6) is -0.434. The van der Waals surface area contributed by atoms with E-state index in [9.17, 15) is 9.59 Å². The fraction of sp³-hybridized carbons (Fsp3) is 0.476. The molecule has 6 heteroatoms. The SMILES string of the molecule is Cc1cc(C)n(CCCNC(=O)CNC(=O)c2ccc(C(C)(C)C)cc2)n1. The van der Waals surface area contributed by atoms with Gasteiger partial charge in [0.05, 0.1) is 12.2 Å². The summed E-state index contributed by atoms with van der Waals surface area (Å²) in [5.41, 5.74) is 3.88. The Hall–Kier alpha value is -2.63. The molecule has 0 aliphatic heterocycles. The molecule has 2 amide bonds. The van der Waals surface area contributed by atoms with Crippen LogP contribution in [0.25, 0.3) is 0 Å². The van der Waals surface area contributed by atoms with Gasteiger partial charge in [0.25, 0.3) is 5.91 Å². The van der Waals surface area contributed by atoms with Crippen LogP contribution in [-0.4, -0.2) is 34.7 Å². The largest absolute Gasteiger partial charge is 0.355 e. The van der Waals surface area contributed by atoms with Gasteiger partial charge in [-0.1, -0.05) is 32.9 Å². The Morgan fingerprint density at radius 3 is 2.30 bits per heavy atom. The minimum absolute atomic E-state index is 0.0280. The quantitative estimate of drug-likeness (QED) is 0.736. The summed E-state index contributed by atoms with van der Waals surface area (Å²) < 4.78 is 1.94. The molecule has 146 valence electrons. The number of hydrogen-bond donors (Lipinski definition) is 2. The van der Waals surface area contributed by atoms with Gasteiger partial charge < -0.3 is 10.6 Å². The molecule has 2 N–H and O–H groups in total. The van der Waals surface area contributed by atoms with Crippen LogP contribution in [0.4, 0.5) is 0 Å². The molecule has 2 rings (SSSR count). The van der Waals surface area contributed by atoms with Crippen molar-refractivity contribution in [1.29, 1.82) is 0 Å². The molecule has 2 aromatic rings. The molecule has 0 bridgehead atoms. The van der Waals surface area contributed by atoms with Crippen LogP contribution in [0.15, 0.2) is 30.3 Å². The van der Waals surface area contributed by atoms with Crippen molar-refractivity contribution in [3.8, 4) is 0 Å². The first-order valence-electron chi connectivity index (χ1n) is 9.33. The lowest BCUT2D eigenvalue weighted by atomic mass is 9.87. The molecule has 0 spiro atoms. The zero-order valence-corrected chi connectivity index (χ0v) is 16.9. The maximum Gasteiger partial charge on any atom is 0.251 e. The average molecular weight is 370 g/mol. The molecule has 0 unspecified atom stereocenters. The predicted octanol–water partition coefficient (Wildman–Crippen LogP) is 2.73. The highest BCUT2D eigenvalue weighted by atomic mass is 16.2. The summed E-state index contributed by atoms with van der Waals surface area (Å²) in [6.07, 6.45) is 0.788. The molecule has 0 fully saturated rings. The van der Waals surface area contributed by atoms with Gasteiger partial charge in [0.1, 0.15) is 0 Å². The number of carbonyl (C=O) groups is 2. The third kappa shape index (κ3) is 6.24. The Kier molecular flexibility index (Phi) is 6.77. The lowest BCUT2D eigenvalue weighted by Crippen LogP contribution is -2.37. The van der Waals surface area contributed by atoms with E-state index in [1.165, 1.54) is 5.56 Å². The Morgan fingerprint density at radius 1 is 1.07 bits per heavy atom. The third-order valence-electron chi connectivity index (χ3n) is 4.39. The van der Waals surface area contributed by atoms with Crippen LogP contribution >= 0.6 is 0 Å². The van der Waals surface area contributed by atoms with E-state index in [0.29, 0.717) is 12.1 Å². The molecule has 6 nitrogen and oxygen atoms in total. The van der Waals surface area contributed by atoms with E-state index in [1.54, 1.807) is 12.1 Å². The van der Waals surface area contributed by atoms with Gasteiger partial charge in [-0.2, -0.15) is 5.10 Å². The summed E-state index contributed by atoms with van der Waals surface area (Å²) in [4.78, 5) is 24.1. The van der Waals surface area contributed by atoms with Crippen molar-refractivity contribution in [2.24, 2.45) is 0 Å². The fourth-order valence-corrected chi connectivity index (χ4v) is 2.80. The lowest BCUT2D eigenvalue weighted by molar-refractivity contribution is -0.120. The van der Waals surface area contributed by atoms with Crippen molar-refractivity contribution in [3.05, 3.63) is 52.8 Å². The number of rotatable bonds is 7. The van der Waals surface area contributed by atoms with Gasteiger partial charge >= 0.3 is 0 Å². The van der Waals surface area contributed by atoms with E-state index in [2.05, 4.69) is 36.5 Å². The zero-order chi connectivity index (χ0) is 20.0. The average Bonchev–Trinajstić information content (AvgIpc) is 2.93. The molecule has 0 radical (unpaired) electrons. The van der Waals surface area contributed by atoms with Crippen molar-refractivity contribution in [3.63, 3.8) is 0 Å². The fourth-order valence-electron chi connectivity index (χ4n) is 2.80. The van der Waals surface area contributed by atoms with Crippen LogP contribution in [0.1, 0.15) is 54.5 Å². The minimum Gasteiger partial charge on any atom is -0.355 e. The maximum absolute atomic E-state index is 12.2. The van der Waals surface area contributed by atoms with Crippen LogP contribution in [0.3, 0.4) is 0 Å². The van der Waals surface area contributed by atoms with Crippen LogP contribution in [0.2, 0.25) is 0 Å². The maximum atomic E-state index is 12.2. The molecule has 1 aromatic carbocycles. The normalized spacial score (nSPS) is 11.3. The van der Waals surface area contributed by atoms with Crippen LogP contribution < -0.4 is 10.6 Å². The predicted molar refractivity (Wildman–Crippen MR) is 107 cm³/mol. The van der Waals surface area contributed by atoms with Crippen LogP contribution in [-0.2, 0) is 16.8 Å². The first kappa shape index (κ1) is 20.7. The van der Waals surface area contributed by atoms with Gasteiger partial charge in [0, 0.05) is 24.3 Å². The molecule has 1 heterocycles. The summed E-state index contributed by atoms with van der Waals surface area (Å²) in [5, 5.41) is 9.87. The van der Waals surface area contributed by atoms with Crippen molar-refractivity contribution in [1.82, 2.24) is 20.4 Å². The molecule has 0 saturated heterocycles. The summed E-state index contributed by atoms with van der Waals surface area (Å²) in [7, 11) is 0. The number of hydrogen-bond acceptors (Lipinski definition) is 3. The van der Waals surface area contributed by atoms with Gasteiger partial charge in [0.2, 0.25) is 5.91 Å². The number of nitrogens with zero attached hydrogens (tertiary/aromatic N) is 2. The van der Waals surface area contributed by atoms with E-state index in [0.717, 1.165) is 24.4 Å². The summed E-state index contributed by atoms with van der Waals surface area (Å²) >= 11 is 0. The van der Waals surface area contributed by atoms with Gasteiger partial charge in [-0.25, -0.2) is 0 Å². The van der Waals surface area contributed by atoms with Gasteiger partial charge in [-0.15, -0.1) is 0 Å².